The van der Waals surface area contributed by atoms with Crippen molar-refractivity contribution in [2.24, 2.45) is 0 Å². The van der Waals surface area contributed by atoms with Crippen molar-refractivity contribution in [2.45, 2.75) is 12.5 Å². The van der Waals surface area contributed by atoms with Crippen LogP contribution >= 0.6 is 11.6 Å². The van der Waals surface area contributed by atoms with Crippen molar-refractivity contribution < 1.29 is 9.47 Å². The molecular weight excluding hydrogens is 276 g/mol. The average molecular weight is 291 g/mol. The second-order valence-electron chi connectivity index (χ2n) is 4.67. The zero-order valence-electron chi connectivity index (χ0n) is 11.1. The van der Waals surface area contributed by atoms with Gasteiger partial charge in [0.15, 0.2) is 0 Å². The van der Waals surface area contributed by atoms with Crippen molar-refractivity contribution in [3.05, 3.63) is 47.1 Å². The molecule has 0 spiro atoms. The number of rotatable bonds is 4. The topological polar surface area (TPSA) is 43.4 Å². The molecule has 5 heteroatoms. The van der Waals surface area contributed by atoms with Crippen molar-refractivity contribution in [1.29, 1.82) is 0 Å². The number of aromatic nitrogens is 1. The first-order valence-electron chi connectivity index (χ1n) is 6.43. The Morgan fingerprint density at radius 1 is 1.40 bits per heavy atom. The summed E-state index contributed by atoms with van der Waals surface area (Å²) in [6.45, 7) is 0.723. The molecular formula is C15H15ClN2O2. The summed E-state index contributed by atoms with van der Waals surface area (Å²) in [6.07, 6.45) is 2.73. The molecule has 0 saturated heterocycles. The van der Waals surface area contributed by atoms with E-state index in [1.54, 1.807) is 13.3 Å². The minimum Gasteiger partial charge on any atom is -0.488 e. The molecule has 3 rings (SSSR count). The third-order valence-electron chi connectivity index (χ3n) is 3.24. The molecule has 1 aliphatic rings. The molecule has 0 saturated carbocycles. The summed E-state index contributed by atoms with van der Waals surface area (Å²) >= 11 is 5.98. The molecule has 2 heterocycles. The first-order chi connectivity index (χ1) is 9.74. The van der Waals surface area contributed by atoms with Crippen LogP contribution in [-0.2, 0) is 6.42 Å². The first-order valence-corrected chi connectivity index (χ1v) is 6.81. The van der Waals surface area contributed by atoms with Crippen LogP contribution in [0.5, 0.6) is 11.6 Å². The summed E-state index contributed by atoms with van der Waals surface area (Å²) in [5, 5.41) is 4.06. The third-order valence-corrected chi connectivity index (χ3v) is 3.48. The number of methoxy groups -OCH3 is 1. The molecule has 0 radical (unpaired) electrons. The molecule has 4 nitrogen and oxygen atoms in total. The van der Waals surface area contributed by atoms with Crippen molar-refractivity contribution in [3.63, 3.8) is 0 Å². The molecule has 1 aliphatic heterocycles. The number of anilines is 1. The molecule has 2 aromatic rings. The molecule has 0 bridgehead atoms. The summed E-state index contributed by atoms with van der Waals surface area (Å²) in [7, 11) is 1.60. The van der Waals surface area contributed by atoms with Crippen LogP contribution < -0.4 is 14.8 Å². The second-order valence-corrected chi connectivity index (χ2v) is 5.10. The molecule has 104 valence electrons. The van der Waals surface area contributed by atoms with Gasteiger partial charge in [0.2, 0.25) is 5.88 Å². The number of hydrogen-bond donors (Lipinski definition) is 1. The lowest BCUT2D eigenvalue weighted by atomic mass is 10.1. The largest absolute Gasteiger partial charge is 0.488 e. The zero-order chi connectivity index (χ0) is 13.9. The molecule has 20 heavy (non-hydrogen) atoms. The lowest BCUT2D eigenvalue weighted by Crippen LogP contribution is -2.23. The number of hydrogen-bond acceptors (Lipinski definition) is 4. The molecule has 1 N–H and O–H groups in total. The van der Waals surface area contributed by atoms with Crippen molar-refractivity contribution in [1.82, 2.24) is 4.98 Å². The summed E-state index contributed by atoms with van der Waals surface area (Å²) in [5.41, 5.74) is 2.11. The van der Waals surface area contributed by atoms with Crippen LogP contribution in [0.4, 0.5) is 5.69 Å². The maximum atomic E-state index is 5.98. The van der Waals surface area contributed by atoms with Crippen LogP contribution in [0.15, 0.2) is 36.5 Å². The van der Waals surface area contributed by atoms with Gasteiger partial charge in [-0.05, 0) is 29.8 Å². The van der Waals surface area contributed by atoms with Gasteiger partial charge in [0, 0.05) is 17.5 Å². The molecule has 1 unspecified atom stereocenters. The lowest BCUT2D eigenvalue weighted by Gasteiger charge is -2.12. The van der Waals surface area contributed by atoms with Crippen LogP contribution in [0.2, 0.25) is 5.02 Å². The van der Waals surface area contributed by atoms with Crippen LogP contribution in [0.3, 0.4) is 0 Å². The number of ether oxygens (including phenoxy) is 2. The fourth-order valence-electron chi connectivity index (χ4n) is 2.24. The summed E-state index contributed by atoms with van der Waals surface area (Å²) in [4.78, 5) is 4.15. The maximum absolute atomic E-state index is 5.98. The maximum Gasteiger partial charge on any atom is 0.213 e. The fourth-order valence-corrected chi connectivity index (χ4v) is 2.43. The SMILES string of the molecule is COc1ccc(NCC2Cc3cc(Cl)ccc3O2)cn1. The smallest absolute Gasteiger partial charge is 0.213 e. The highest BCUT2D eigenvalue weighted by Crippen LogP contribution is 2.31. The normalized spacial score (nSPS) is 16.4. The minimum absolute atomic E-state index is 0.116. The van der Waals surface area contributed by atoms with Crippen LogP contribution in [0.25, 0.3) is 0 Å². The van der Waals surface area contributed by atoms with E-state index >= 15 is 0 Å². The van der Waals surface area contributed by atoms with E-state index in [0.29, 0.717) is 5.88 Å². The Hall–Kier alpha value is -1.94. The molecule has 0 amide bonds. The lowest BCUT2D eigenvalue weighted by molar-refractivity contribution is 0.246. The van der Waals surface area contributed by atoms with E-state index in [9.17, 15) is 0 Å². The van der Waals surface area contributed by atoms with Gasteiger partial charge in [-0.15, -0.1) is 0 Å². The van der Waals surface area contributed by atoms with Gasteiger partial charge in [-0.25, -0.2) is 4.98 Å². The Morgan fingerprint density at radius 3 is 3.05 bits per heavy atom. The van der Waals surface area contributed by atoms with Crippen molar-refractivity contribution in [3.8, 4) is 11.6 Å². The van der Waals surface area contributed by atoms with Crippen LogP contribution in [0, 0.1) is 0 Å². The number of halogens is 1. The van der Waals surface area contributed by atoms with Gasteiger partial charge in [0.05, 0.1) is 25.5 Å². The Kier molecular flexibility index (Phi) is 3.65. The van der Waals surface area contributed by atoms with Gasteiger partial charge in [0.1, 0.15) is 11.9 Å². The van der Waals surface area contributed by atoms with Gasteiger partial charge in [-0.1, -0.05) is 11.6 Å². The van der Waals surface area contributed by atoms with E-state index < -0.39 is 0 Å². The predicted molar refractivity (Wildman–Crippen MR) is 78.9 cm³/mol. The summed E-state index contributed by atoms with van der Waals surface area (Å²) < 4.78 is 10.9. The molecule has 1 aromatic carbocycles. The second kappa shape index (κ2) is 5.59. The van der Waals surface area contributed by atoms with E-state index in [-0.39, 0.29) is 6.10 Å². The average Bonchev–Trinajstić information content (AvgIpc) is 2.87. The standard InChI is InChI=1S/C15H15ClN2O2/c1-19-15-5-3-12(8-18-15)17-9-13-7-10-6-11(16)2-4-14(10)20-13/h2-6,8,13,17H,7,9H2,1H3. The fraction of sp³-hybridized carbons (Fsp3) is 0.267. The minimum atomic E-state index is 0.116. The van der Waals surface area contributed by atoms with E-state index in [4.69, 9.17) is 21.1 Å². The Labute approximate surface area is 122 Å². The van der Waals surface area contributed by atoms with Gasteiger partial charge in [-0.2, -0.15) is 0 Å². The van der Waals surface area contributed by atoms with Gasteiger partial charge in [0.25, 0.3) is 0 Å². The van der Waals surface area contributed by atoms with Gasteiger partial charge >= 0.3 is 0 Å². The van der Waals surface area contributed by atoms with Crippen molar-refractivity contribution >= 4 is 17.3 Å². The van der Waals surface area contributed by atoms with Crippen molar-refractivity contribution in [2.75, 3.05) is 19.0 Å². The highest BCUT2D eigenvalue weighted by atomic mass is 35.5. The Morgan fingerprint density at radius 2 is 2.30 bits per heavy atom. The van der Waals surface area contributed by atoms with E-state index in [2.05, 4.69) is 10.3 Å². The van der Waals surface area contributed by atoms with Crippen LogP contribution in [0.1, 0.15) is 5.56 Å². The number of fused-ring (bicyclic) bond motifs is 1. The van der Waals surface area contributed by atoms with Gasteiger partial charge < -0.3 is 14.8 Å². The highest BCUT2D eigenvalue weighted by molar-refractivity contribution is 6.30. The molecule has 1 atom stereocenters. The van der Waals surface area contributed by atoms with E-state index in [1.165, 1.54) is 0 Å². The molecule has 0 aliphatic carbocycles. The van der Waals surface area contributed by atoms with E-state index in [1.807, 2.05) is 30.3 Å². The number of nitrogens with zero attached hydrogens (tertiary/aromatic N) is 1. The third kappa shape index (κ3) is 2.80. The monoisotopic (exact) mass is 290 g/mol. The summed E-state index contributed by atoms with van der Waals surface area (Å²) in [5.74, 6) is 1.53. The number of benzene rings is 1. The zero-order valence-corrected chi connectivity index (χ0v) is 11.9. The van der Waals surface area contributed by atoms with Crippen LogP contribution in [-0.4, -0.2) is 24.7 Å². The molecule has 0 fully saturated rings. The Bertz CT molecular complexity index is 601. The quantitative estimate of drug-likeness (QED) is 0.939. The first kappa shape index (κ1) is 13.1. The highest BCUT2D eigenvalue weighted by Gasteiger charge is 2.22. The van der Waals surface area contributed by atoms with Gasteiger partial charge in [-0.3, -0.25) is 0 Å². The number of pyridine rings is 1. The molecule has 1 aromatic heterocycles. The summed E-state index contributed by atoms with van der Waals surface area (Å²) in [6, 6.07) is 9.50. The Balaban J connectivity index is 1.58. The van der Waals surface area contributed by atoms with E-state index in [0.717, 1.165) is 35.0 Å². The predicted octanol–water partition coefficient (Wildman–Crippen LogP) is 3.16. The number of nitrogens with one attached hydrogen (secondary N) is 1.